The fraction of sp³-hybridized carbons (Fsp3) is 0.750. The summed E-state index contributed by atoms with van der Waals surface area (Å²) in [6.07, 6.45) is 7.20. The molecule has 2 atom stereocenters. The molecule has 3 nitrogen and oxygen atoms in total. The molecule has 0 spiro atoms. The van der Waals surface area contributed by atoms with Crippen LogP contribution in [0, 0.1) is 11.8 Å². The van der Waals surface area contributed by atoms with Crippen molar-refractivity contribution in [3.63, 3.8) is 0 Å². The maximum atomic E-state index is 10.8. The van der Waals surface area contributed by atoms with E-state index in [1.54, 1.807) is 0 Å². The van der Waals surface area contributed by atoms with Crippen molar-refractivity contribution in [1.29, 1.82) is 0 Å². The van der Waals surface area contributed by atoms with Crippen LogP contribution in [0.1, 0.15) is 26.2 Å². The molecule has 2 unspecified atom stereocenters. The van der Waals surface area contributed by atoms with Gasteiger partial charge in [-0.15, -0.1) is 0 Å². The van der Waals surface area contributed by atoms with Gasteiger partial charge >= 0.3 is 5.97 Å². The Kier molecular flexibility index (Phi) is 3.10. The summed E-state index contributed by atoms with van der Waals surface area (Å²) in [5, 5.41) is 8.90. The predicted octanol–water partition coefficient (Wildman–Crippen LogP) is 1.75. The molecule has 1 aliphatic carbocycles. The zero-order valence-electron chi connectivity index (χ0n) is 9.22. The quantitative estimate of drug-likeness (QED) is 0.704. The first-order chi connectivity index (χ1) is 7.16. The fourth-order valence-corrected chi connectivity index (χ4v) is 2.49. The number of nitrogens with zero attached hydrogens (tertiary/aromatic N) is 1. The largest absolute Gasteiger partial charge is 0.481 e. The average Bonchev–Trinajstić information content (AvgIpc) is 2.68. The number of likely N-dealkylation sites (tertiary alicyclic amines) is 1. The van der Waals surface area contributed by atoms with Gasteiger partial charge in [0.15, 0.2) is 0 Å². The highest BCUT2D eigenvalue weighted by Gasteiger charge is 2.29. The summed E-state index contributed by atoms with van der Waals surface area (Å²) in [5.74, 6) is -0.101. The summed E-state index contributed by atoms with van der Waals surface area (Å²) >= 11 is 0. The molecule has 0 amide bonds. The van der Waals surface area contributed by atoms with Crippen molar-refractivity contribution in [2.75, 3.05) is 13.1 Å². The molecule has 0 bridgehead atoms. The minimum absolute atomic E-state index is 0.255. The lowest BCUT2D eigenvalue weighted by molar-refractivity contribution is -0.140. The van der Waals surface area contributed by atoms with E-state index in [2.05, 4.69) is 17.9 Å². The van der Waals surface area contributed by atoms with E-state index in [4.69, 9.17) is 5.11 Å². The molecule has 3 heteroatoms. The number of rotatable bonds is 2. The molecule has 0 aromatic heterocycles. The Hall–Kier alpha value is -0.830. The van der Waals surface area contributed by atoms with E-state index in [0.717, 1.165) is 25.4 Å². The van der Waals surface area contributed by atoms with Crippen molar-refractivity contribution >= 4 is 5.97 Å². The number of carbonyl (C=O) groups is 1. The van der Waals surface area contributed by atoms with Crippen molar-refractivity contribution in [3.05, 3.63) is 12.2 Å². The maximum absolute atomic E-state index is 10.8. The lowest BCUT2D eigenvalue weighted by Crippen LogP contribution is -2.39. The van der Waals surface area contributed by atoms with Gasteiger partial charge < -0.3 is 5.11 Å². The Labute approximate surface area is 90.8 Å². The molecular weight excluding hydrogens is 190 g/mol. The molecule has 1 fully saturated rings. The molecule has 15 heavy (non-hydrogen) atoms. The highest BCUT2D eigenvalue weighted by Crippen LogP contribution is 2.26. The van der Waals surface area contributed by atoms with Crippen molar-refractivity contribution < 1.29 is 9.90 Å². The smallest absolute Gasteiger partial charge is 0.310 e. The Balaban J connectivity index is 1.86. The Morgan fingerprint density at radius 3 is 2.53 bits per heavy atom. The molecule has 0 aromatic carbocycles. The molecule has 0 saturated carbocycles. The van der Waals surface area contributed by atoms with Gasteiger partial charge in [0.1, 0.15) is 0 Å². The lowest BCUT2D eigenvalue weighted by atomic mass is 9.97. The van der Waals surface area contributed by atoms with E-state index >= 15 is 0 Å². The Morgan fingerprint density at radius 2 is 2.00 bits per heavy atom. The molecule has 1 saturated heterocycles. The van der Waals surface area contributed by atoms with Crippen LogP contribution in [0.15, 0.2) is 12.2 Å². The van der Waals surface area contributed by atoms with Crippen molar-refractivity contribution in [1.82, 2.24) is 4.90 Å². The van der Waals surface area contributed by atoms with Crippen LogP contribution in [0.5, 0.6) is 0 Å². The summed E-state index contributed by atoms with van der Waals surface area (Å²) in [6, 6.07) is 0.374. The molecule has 2 rings (SSSR count). The van der Waals surface area contributed by atoms with Crippen LogP contribution in [-0.2, 0) is 4.79 Å². The summed E-state index contributed by atoms with van der Waals surface area (Å²) in [4.78, 5) is 13.2. The Morgan fingerprint density at radius 1 is 1.33 bits per heavy atom. The molecule has 1 N–H and O–H groups in total. The first-order valence-electron chi connectivity index (χ1n) is 5.82. The third kappa shape index (κ3) is 2.40. The topological polar surface area (TPSA) is 40.5 Å². The molecule has 1 aliphatic heterocycles. The molecule has 1 heterocycles. The summed E-state index contributed by atoms with van der Waals surface area (Å²) in [7, 11) is 0. The van der Waals surface area contributed by atoms with E-state index in [0.29, 0.717) is 6.04 Å². The van der Waals surface area contributed by atoms with Gasteiger partial charge in [-0.3, -0.25) is 9.69 Å². The number of carboxylic acids is 1. The van der Waals surface area contributed by atoms with Crippen molar-refractivity contribution in [2.24, 2.45) is 11.8 Å². The van der Waals surface area contributed by atoms with Gasteiger partial charge in [0, 0.05) is 6.04 Å². The SMILES string of the molecule is CC1CCN(C2C=CC(C(=O)O)C2)CC1. The van der Waals surface area contributed by atoms with Crippen LogP contribution in [0.2, 0.25) is 0 Å². The highest BCUT2D eigenvalue weighted by atomic mass is 16.4. The van der Waals surface area contributed by atoms with E-state index in [1.165, 1.54) is 12.8 Å². The highest BCUT2D eigenvalue weighted by molar-refractivity contribution is 5.73. The standard InChI is InChI=1S/C12H19NO2/c1-9-4-6-13(7-5-9)11-3-2-10(8-11)12(14)15/h2-3,9-11H,4-8H2,1H3,(H,14,15). The van der Waals surface area contributed by atoms with Crippen molar-refractivity contribution in [3.8, 4) is 0 Å². The Bertz CT molecular complexity index is 267. The second-order valence-corrected chi connectivity index (χ2v) is 4.85. The molecule has 0 radical (unpaired) electrons. The summed E-state index contributed by atoms with van der Waals surface area (Å²) < 4.78 is 0. The van der Waals surface area contributed by atoms with E-state index in [1.807, 2.05) is 6.08 Å². The van der Waals surface area contributed by atoms with Gasteiger partial charge in [-0.05, 0) is 38.3 Å². The second-order valence-electron chi connectivity index (χ2n) is 4.85. The third-order valence-corrected chi connectivity index (χ3v) is 3.67. The first-order valence-corrected chi connectivity index (χ1v) is 5.82. The molecule has 2 aliphatic rings. The third-order valence-electron chi connectivity index (χ3n) is 3.67. The van der Waals surface area contributed by atoms with Crippen LogP contribution in [0.25, 0.3) is 0 Å². The molecule has 0 aromatic rings. The maximum Gasteiger partial charge on any atom is 0.310 e. The van der Waals surface area contributed by atoms with Crippen LogP contribution >= 0.6 is 0 Å². The van der Waals surface area contributed by atoms with Gasteiger partial charge in [0.25, 0.3) is 0 Å². The van der Waals surface area contributed by atoms with E-state index in [-0.39, 0.29) is 5.92 Å². The number of hydrogen-bond donors (Lipinski definition) is 1. The minimum Gasteiger partial charge on any atom is -0.481 e. The van der Waals surface area contributed by atoms with Gasteiger partial charge in [0.05, 0.1) is 5.92 Å². The first kappa shape index (κ1) is 10.7. The summed E-state index contributed by atoms with van der Waals surface area (Å²) in [6.45, 7) is 4.55. The number of hydrogen-bond acceptors (Lipinski definition) is 2. The lowest BCUT2D eigenvalue weighted by Gasteiger charge is -2.34. The second kappa shape index (κ2) is 4.35. The van der Waals surface area contributed by atoms with Crippen LogP contribution in [0.4, 0.5) is 0 Å². The number of aliphatic carboxylic acids is 1. The van der Waals surface area contributed by atoms with Crippen LogP contribution in [-0.4, -0.2) is 35.1 Å². The van der Waals surface area contributed by atoms with Crippen molar-refractivity contribution in [2.45, 2.75) is 32.2 Å². The van der Waals surface area contributed by atoms with Gasteiger partial charge in [-0.25, -0.2) is 0 Å². The summed E-state index contributed by atoms with van der Waals surface area (Å²) in [5.41, 5.74) is 0. The normalized spacial score (nSPS) is 33.4. The average molecular weight is 209 g/mol. The van der Waals surface area contributed by atoms with Crippen LogP contribution < -0.4 is 0 Å². The minimum atomic E-state index is -0.681. The zero-order chi connectivity index (χ0) is 10.8. The van der Waals surface area contributed by atoms with Crippen LogP contribution in [0.3, 0.4) is 0 Å². The van der Waals surface area contributed by atoms with Gasteiger partial charge in [-0.1, -0.05) is 19.1 Å². The van der Waals surface area contributed by atoms with Gasteiger partial charge in [-0.2, -0.15) is 0 Å². The number of piperidine rings is 1. The van der Waals surface area contributed by atoms with E-state index in [9.17, 15) is 4.79 Å². The monoisotopic (exact) mass is 209 g/mol. The molecular formula is C12H19NO2. The zero-order valence-corrected chi connectivity index (χ0v) is 9.22. The number of carboxylic acid groups (broad SMARTS) is 1. The predicted molar refractivity (Wildman–Crippen MR) is 58.6 cm³/mol. The fourth-order valence-electron chi connectivity index (χ4n) is 2.49. The molecule has 84 valence electrons. The van der Waals surface area contributed by atoms with Gasteiger partial charge in [0.2, 0.25) is 0 Å². The van der Waals surface area contributed by atoms with E-state index < -0.39 is 5.97 Å².